The second-order valence-corrected chi connectivity index (χ2v) is 7.40. The molecule has 0 bridgehead atoms. The Bertz CT molecular complexity index is 880. The van der Waals surface area contributed by atoms with Crippen LogP contribution in [0, 0.1) is 11.8 Å². The molecule has 1 heterocycles. The Morgan fingerprint density at radius 1 is 1.03 bits per heavy atom. The number of nitrogens with one attached hydrogen (secondary N) is 1. The molecular formula is C21H23N3O6. The highest BCUT2D eigenvalue weighted by Gasteiger charge is 2.47. The quantitative estimate of drug-likeness (QED) is 0.420. The molecule has 1 aromatic rings. The zero-order valence-corrected chi connectivity index (χ0v) is 16.8. The number of likely N-dealkylation sites (tertiary alicyclic amines) is 1. The van der Waals surface area contributed by atoms with Crippen molar-refractivity contribution in [1.82, 2.24) is 9.80 Å². The topological polar surface area (TPSA) is 113 Å². The summed E-state index contributed by atoms with van der Waals surface area (Å²) in [5.74, 6) is -3.14. The highest BCUT2D eigenvalue weighted by molar-refractivity contribution is 6.07. The fourth-order valence-corrected chi connectivity index (χ4v) is 3.50. The average Bonchev–Trinajstić information content (AvgIpc) is 2.97. The van der Waals surface area contributed by atoms with E-state index >= 15 is 0 Å². The van der Waals surface area contributed by atoms with E-state index in [-0.39, 0.29) is 17.7 Å². The Hall–Kier alpha value is -3.49. The molecule has 0 aromatic heterocycles. The first-order valence-electron chi connectivity index (χ1n) is 9.55. The first kappa shape index (κ1) is 21.2. The van der Waals surface area contributed by atoms with Gasteiger partial charge in [0.05, 0.1) is 11.8 Å². The normalized spacial score (nSPS) is 20.0. The van der Waals surface area contributed by atoms with Gasteiger partial charge in [-0.3, -0.25) is 28.9 Å². The molecule has 1 aromatic carbocycles. The van der Waals surface area contributed by atoms with Gasteiger partial charge in [-0.25, -0.2) is 0 Å². The summed E-state index contributed by atoms with van der Waals surface area (Å²) in [4.78, 5) is 62.9. The Balaban J connectivity index is 1.47. The maximum Gasteiger partial charge on any atom is 0.326 e. The molecule has 2 aliphatic rings. The van der Waals surface area contributed by atoms with Gasteiger partial charge in [0, 0.05) is 25.3 Å². The van der Waals surface area contributed by atoms with Crippen LogP contribution in [0.5, 0.6) is 0 Å². The minimum absolute atomic E-state index is 0.163. The summed E-state index contributed by atoms with van der Waals surface area (Å²) in [5.41, 5.74) is 0.910. The van der Waals surface area contributed by atoms with E-state index < -0.39 is 36.9 Å². The van der Waals surface area contributed by atoms with Gasteiger partial charge in [-0.1, -0.05) is 12.2 Å². The van der Waals surface area contributed by atoms with Gasteiger partial charge >= 0.3 is 5.97 Å². The zero-order chi connectivity index (χ0) is 21.8. The molecule has 4 amide bonds. The van der Waals surface area contributed by atoms with Crippen molar-refractivity contribution < 1.29 is 28.7 Å². The lowest BCUT2D eigenvalue weighted by atomic mass is 9.85. The number of nitrogens with zero attached hydrogens (tertiary/aromatic N) is 2. The highest BCUT2D eigenvalue weighted by atomic mass is 16.5. The van der Waals surface area contributed by atoms with E-state index in [9.17, 15) is 24.0 Å². The number of esters is 1. The molecule has 1 aliphatic carbocycles. The van der Waals surface area contributed by atoms with Gasteiger partial charge in [0.25, 0.3) is 11.8 Å². The number of hydrogen-bond acceptors (Lipinski definition) is 6. The molecule has 158 valence electrons. The molecule has 1 N–H and O–H groups in total. The van der Waals surface area contributed by atoms with Crippen molar-refractivity contribution in [2.75, 3.05) is 32.6 Å². The first-order valence-corrected chi connectivity index (χ1v) is 9.55. The smallest absolute Gasteiger partial charge is 0.326 e. The number of carbonyl (C=O) groups excluding carboxylic acids is 5. The molecule has 2 atom stereocenters. The molecule has 1 aliphatic heterocycles. The Labute approximate surface area is 173 Å². The van der Waals surface area contributed by atoms with Crippen LogP contribution in [0.15, 0.2) is 36.4 Å². The maximum absolute atomic E-state index is 12.3. The van der Waals surface area contributed by atoms with Crippen molar-refractivity contribution in [3.05, 3.63) is 42.0 Å². The third kappa shape index (κ3) is 4.56. The van der Waals surface area contributed by atoms with Gasteiger partial charge in [-0.05, 0) is 37.1 Å². The number of hydrogen-bond donors (Lipinski definition) is 1. The van der Waals surface area contributed by atoms with Crippen molar-refractivity contribution in [2.45, 2.75) is 12.8 Å². The first-order chi connectivity index (χ1) is 14.3. The standard InChI is InChI=1S/C21H23N3O6/c1-23(2)19(27)13-7-9-14(10-8-13)22-17(25)12-30-18(26)11-24-20(28)15-5-3-4-6-16(15)21(24)29/h3-4,7-10,15-16H,5-6,11-12H2,1-2H3,(H,22,25)/t15-,16-/m0/s1. The Morgan fingerprint density at radius 3 is 2.13 bits per heavy atom. The SMILES string of the molecule is CN(C)C(=O)c1ccc(NC(=O)COC(=O)CN2C(=O)[C@H]3CC=CC[C@@H]3C2=O)cc1. The van der Waals surface area contributed by atoms with Crippen molar-refractivity contribution in [1.29, 1.82) is 0 Å². The number of anilines is 1. The van der Waals surface area contributed by atoms with Crippen LogP contribution in [0.1, 0.15) is 23.2 Å². The van der Waals surface area contributed by atoms with E-state index in [4.69, 9.17) is 4.74 Å². The van der Waals surface area contributed by atoms with Crippen LogP contribution in [0.4, 0.5) is 5.69 Å². The number of fused-ring (bicyclic) bond motifs is 1. The molecule has 0 saturated carbocycles. The van der Waals surface area contributed by atoms with E-state index in [0.717, 1.165) is 4.90 Å². The number of carbonyl (C=O) groups is 5. The Morgan fingerprint density at radius 2 is 1.60 bits per heavy atom. The lowest BCUT2D eigenvalue weighted by molar-refractivity contribution is -0.154. The van der Waals surface area contributed by atoms with E-state index in [1.54, 1.807) is 38.4 Å². The molecule has 0 spiro atoms. The average molecular weight is 413 g/mol. The van der Waals surface area contributed by atoms with Crippen LogP contribution in [-0.2, 0) is 23.9 Å². The molecule has 1 saturated heterocycles. The van der Waals surface area contributed by atoms with Crippen molar-refractivity contribution >= 4 is 35.3 Å². The summed E-state index contributed by atoms with van der Waals surface area (Å²) in [6.07, 6.45) is 4.70. The second kappa shape index (κ2) is 8.89. The van der Waals surface area contributed by atoms with Crippen LogP contribution in [0.2, 0.25) is 0 Å². The van der Waals surface area contributed by atoms with E-state index in [1.165, 1.54) is 4.90 Å². The van der Waals surface area contributed by atoms with Gasteiger partial charge in [0.15, 0.2) is 6.61 Å². The van der Waals surface area contributed by atoms with Crippen LogP contribution >= 0.6 is 0 Å². The van der Waals surface area contributed by atoms with Gasteiger partial charge in [-0.2, -0.15) is 0 Å². The predicted molar refractivity (Wildman–Crippen MR) is 106 cm³/mol. The minimum Gasteiger partial charge on any atom is -0.454 e. The number of ether oxygens (including phenoxy) is 1. The summed E-state index contributed by atoms with van der Waals surface area (Å²) < 4.78 is 4.91. The van der Waals surface area contributed by atoms with Crippen molar-refractivity contribution in [3.8, 4) is 0 Å². The van der Waals surface area contributed by atoms with Gasteiger partial charge in [0.2, 0.25) is 11.8 Å². The summed E-state index contributed by atoms with van der Waals surface area (Å²) in [6.45, 7) is -1.05. The second-order valence-electron chi connectivity index (χ2n) is 7.40. The zero-order valence-electron chi connectivity index (χ0n) is 16.8. The largest absolute Gasteiger partial charge is 0.454 e. The molecule has 3 rings (SSSR count). The van der Waals surface area contributed by atoms with Crippen molar-refractivity contribution in [3.63, 3.8) is 0 Å². The summed E-state index contributed by atoms with van der Waals surface area (Å²) in [7, 11) is 3.28. The van der Waals surface area contributed by atoms with Crippen LogP contribution in [-0.4, -0.2) is 66.6 Å². The number of benzene rings is 1. The number of rotatable bonds is 6. The molecule has 9 heteroatoms. The summed E-state index contributed by atoms with van der Waals surface area (Å²) >= 11 is 0. The summed E-state index contributed by atoms with van der Waals surface area (Å²) in [5, 5.41) is 2.55. The third-order valence-electron chi connectivity index (χ3n) is 5.07. The van der Waals surface area contributed by atoms with Crippen LogP contribution in [0.25, 0.3) is 0 Å². The number of imide groups is 1. The number of allylic oxidation sites excluding steroid dienone is 2. The van der Waals surface area contributed by atoms with E-state index in [1.807, 2.05) is 12.2 Å². The van der Waals surface area contributed by atoms with Crippen LogP contribution in [0.3, 0.4) is 0 Å². The molecule has 0 radical (unpaired) electrons. The van der Waals surface area contributed by atoms with Gasteiger partial charge in [0.1, 0.15) is 6.54 Å². The molecule has 30 heavy (non-hydrogen) atoms. The fraction of sp³-hybridized carbons (Fsp3) is 0.381. The van der Waals surface area contributed by atoms with Gasteiger partial charge in [-0.15, -0.1) is 0 Å². The monoisotopic (exact) mass is 413 g/mol. The van der Waals surface area contributed by atoms with Gasteiger partial charge < -0.3 is 15.0 Å². The fourth-order valence-electron chi connectivity index (χ4n) is 3.50. The van der Waals surface area contributed by atoms with E-state index in [0.29, 0.717) is 24.1 Å². The number of amides is 4. The third-order valence-corrected chi connectivity index (χ3v) is 5.07. The molecule has 9 nitrogen and oxygen atoms in total. The van der Waals surface area contributed by atoms with Crippen LogP contribution < -0.4 is 5.32 Å². The predicted octanol–water partition coefficient (Wildman–Crippen LogP) is 0.821. The lowest BCUT2D eigenvalue weighted by Gasteiger charge is -2.14. The minimum atomic E-state index is -0.828. The highest BCUT2D eigenvalue weighted by Crippen LogP contribution is 2.34. The molecule has 1 fully saturated rings. The van der Waals surface area contributed by atoms with E-state index in [2.05, 4.69) is 5.32 Å². The summed E-state index contributed by atoms with van der Waals surface area (Å²) in [6, 6.07) is 6.27. The van der Waals surface area contributed by atoms with Crippen molar-refractivity contribution in [2.24, 2.45) is 11.8 Å². The molecular weight excluding hydrogens is 390 g/mol. The molecule has 0 unspecified atom stereocenters. The maximum atomic E-state index is 12.3. The lowest BCUT2D eigenvalue weighted by Crippen LogP contribution is -2.37. The Kier molecular flexibility index (Phi) is 6.29.